The van der Waals surface area contributed by atoms with Crippen LogP contribution in [0.2, 0.25) is 0 Å². The van der Waals surface area contributed by atoms with Gasteiger partial charge < -0.3 is 4.90 Å². The van der Waals surface area contributed by atoms with Crippen LogP contribution in [0.4, 0.5) is 0 Å². The third-order valence-electron chi connectivity index (χ3n) is 3.02. The third kappa shape index (κ3) is 1.57. The molecule has 2 heteroatoms. The van der Waals surface area contributed by atoms with Gasteiger partial charge in [-0.1, -0.05) is 0 Å². The molecule has 0 saturated carbocycles. The van der Waals surface area contributed by atoms with Crippen molar-refractivity contribution in [3.63, 3.8) is 0 Å². The van der Waals surface area contributed by atoms with Crippen molar-refractivity contribution in [3.8, 4) is 0 Å². The van der Waals surface area contributed by atoms with Crippen LogP contribution < -0.4 is 0 Å². The molecule has 2 aliphatic rings. The predicted molar refractivity (Wildman–Crippen MR) is 46.7 cm³/mol. The zero-order valence-electron chi connectivity index (χ0n) is 7.42. The van der Waals surface area contributed by atoms with E-state index in [1.807, 2.05) is 0 Å². The molecule has 0 unspecified atom stereocenters. The van der Waals surface area contributed by atoms with Gasteiger partial charge in [0.1, 0.15) is 0 Å². The van der Waals surface area contributed by atoms with Crippen LogP contribution in [-0.4, -0.2) is 49.1 Å². The average Bonchev–Trinajstić information content (AvgIpc) is 2.55. The second kappa shape index (κ2) is 3.11. The Kier molecular flexibility index (Phi) is 2.14. The molecule has 64 valence electrons. The highest BCUT2D eigenvalue weighted by molar-refractivity contribution is 4.83. The predicted octanol–water partition coefficient (Wildman–Crippen LogP) is 0.786. The number of hydrogen-bond acceptors (Lipinski definition) is 2. The van der Waals surface area contributed by atoms with Gasteiger partial charge in [0, 0.05) is 12.6 Å². The lowest BCUT2D eigenvalue weighted by Crippen LogP contribution is -2.34. The van der Waals surface area contributed by atoms with Gasteiger partial charge >= 0.3 is 0 Å². The van der Waals surface area contributed by atoms with Gasteiger partial charge in [0.25, 0.3) is 0 Å². The summed E-state index contributed by atoms with van der Waals surface area (Å²) >= 11 is 0. The van der Waals surface area contributed by atoms with Crippen molar-refractivity contribution < 1.29 is 0 Å². The molecule has 0 spiro atoms. The Hall–Kier alpha value is -0.0800. The molecule has 11 heavy (non-hydrogen) atoms. The maximum atomic E-state index is 2.67. The maximum absolute atomic E-state index is 2.67. The van der Waals surface area contributed by atoms with E-state index in [9.17, 15) is 0 Å². The number of rotatable bonds is 1. The highest BCUT2D eigenvalue weighted by Gasteiger charge is 2.26. The molecule has 0 N–H and O–H groups in total. The minimum Gasteiger partial charge on any atom is -0.305 e. The molecule has 2 rings (SSSR count). The van der Waals surface area contributed by atoms with Gasteiger partial charge in [-0.05, 0) is 45.9 Å². The lowest BCUT2D eigenvalue weighted by atomic mass is 10.2. The van der Waals surface area contributed by atoms with E-state index < -0.39 is 0 Å². The summed E-state index contributed by atoms with van der Waals surface area (Å²) in [5, 5.41) is 0. The molecule has 0 aromatic heterocycles. The molecule has 1 atom stereocenters. The molecule has 2 nitrogen and oxygen atoms in total. The number of hydrogen-bond donors (Lipinski definition) is 0. The first-order valence-electron chi connectivity index (χ1n) is 4.79. The number of nitrogens with zero attached hydrogens (tertiary/aromatic N) is 2. The molecular formula is C9H18N2. The molecule has 0 amide bonds. The zero-order valence-corrected chi connectivity index (χ0v) is 7.42. The molecule has 2 fully saturated rings. The molecule has 2 saturated heterocycles. The van der Waals surface area contributed by atoms with Gasteiger partial charge in [-0.3, -0.25) is 4.90 Å². The Morgan fingerprint density at radius 1 is 1.09 bits per heavy atom. The normalized spacial score (nSPS) is 35.2. The van der Waals surface area contributed by atoms with E-state index in [2.05, 4.69) is 16.8 Å². The Labute approximate surface area is 69.2 Å². The van der Waals surface area contributed by atoms with Crippen molar-refractivity contribution in [2.24, 2.45) is 0 Å². The Morgan fingerprint density at radius 2 is 1.82 bits per heavy atom. The van der Waals surface area contributed by atoms with Crippen molar-refractivity contribution in [3.05, 3.63) is 0 Å². The highest BCUT2D eigenvalue weighted by atomic mass is 15.2. The summed E-state index contributed by atoms with van der Waals surface area (Å²) in [5.41, 5.74) is 0. The first-order valence-corrected chi connectivity index (χ1v) is 4.79. The fourth-order valence-electron chi connectivity index (χ4n) is 2.32. The summed E-state index contributed by atoms with van der Waals surface area (Å²) in [4.78, 5) is 5.12. The second-order valence-electron chi connectivity index (χ2n) is 3.95. The first-order chi connectivity index (χ1) is 5.36. The summed E-state index contributed by atoms with van der Waals surface area (Å²) in [5.74, 6) is 0. The van der Waals surface area contributed by atoms with Crippen LogP contribution in [0, 0.1) is 0 Å². The topological polar surface area (TPSA) is 6.48 Å². The average molecular weight is 154 g/mol. The van der Waals surface area contributed by atoms with Crippen LogP contribution >= 0.6 is 0 Å². The van der Waals surface area contributed by atoms with Crippen molar-refractivity contribution in [1.29, 1.82) is 0 Å². The number of likely N-dealkylation sites (N-methyl/N-ethyl adjacent to an activating group) is 1. The van der Waals surface area contributed by atoms with Crippen LogP contribution in [0.25, 0.3) is 0 Å². The van der Waals surface area contributed by atoms with Crippen LogP contribution in [0.3, 0.4) is 0 Å². The quantitative estimate of drug-likeness (QED) is 0.551. The van der Waals surface area contributed by atoms with Crippen LogP contribution in [0.1, 0.15) is 19.3 Å². The second-order valence-corrected chi connectivity index (χ2v) is 3.95. The fraction of sp³-hybridized carbons (Fsp3) is 1.00. The minimum absolute atomic E-state index is 0.891. The van der Waals surface area contributed by atoms with Crippen molar-refractivity contribution in [2.75, 3.05) is 33.2 Å². The molecule has 2 aliphatic heterocycles. The van der Waals surface area contributed by atoms with Gasteiger partial charge in [-0.25, -0.2) is 0 Å². The number of likely N-dealkylation sites (tertiary alicyclic amines) is 2. The van der Waals surface area contributed by atoms with E-state index in [1.54, 1.807) is 0 Å². The van der Waals surface area contributed by atoms with E-state index in [4.69, 9.17) is 0 Å². The zero-order chi connectivity index (χ0) is 7.68. The van der Waals surface area contributed by atoms with Gasteiger partial charge in [-0.15, -0.1) is 0 Å². The Bertz CT molecular complexity index is 130. The Morgan fingerprint density at radius 3 is 2.36 bits per heavy atom. The summed E-state index contributed by atoms with van der Waals surface area (Å²) in [6.07, 6.45) is 4.26. The molecule has 2 heterocycles. The smallest absolute Gasteiger partial charge is 0.0235 e. The van der Waals surface area contributed by atoms with Gasteiger partial charge in [-0.2, -0.15) is 0 Å². The van der Waals surface area contributed by atoms with Crippen molar-refractivity contribution in [1.82, 2.24) is 9.80 Å². The van der Waals surface area contributed by atoms with Gasteiger partial charge in [0.15, 0.2) is 0 Å². The lowest BCUT2D eigenvalue weighted by molar-refractivity contribution is 0.242. The fourth-order valence-corrected chi connectivity index (χ4v) is 2.32. The van der Waals surface area contributed by atoms with Crippen LogP contribution in [0.15, 0.2) is 0 Å². The minimum atomic E-state index is 0.891. The molecular weight excluding hydrogens is 136 g/mol. The largest absolute Gasteiger partial charge is 0.305 e. The van der Waals surface area contributed by atoms with E-state index in [0.29, 0.717) is 0 Å². The highest BCUT2D eigenvalue weighted by Crippen LogP contribution is 2.18. The molecule has 0 aliphatic carbocycles. The van der Waals surface area contributed by atoms with E-state index in [0.717, 1.165) is 6.04 Å². The van der Waals surface area contributed by atoms with Gasteiger partial charge in [0.2, 0.25) is 0 Å². The first kappa shape index (κ1) is 7.56. The summed E-state index contributed by atoms with van der Waals surface area (Å²) < 4.78 is 0. The van der Waals surface area contributed by atoms with Gasteiger partial charge in [0.05, 0.1) is 0 Å². The van der Waals surface area contributed by atoms with Crippen molar-refractivity contribution in [2.45, 2.75) is 25.3 Å². The Balaban J connectivity index is 1.85. The van der Waals surface area contributed by atoms with Crippen LogP contribution in [0.5, 0.6) is 0 Å². The maximum Gasteiger partial charge on any atom is 0.0235 e. The van der Waals surface area contributed by atoms with Crippen molar-refractivity contribution >= 4 is 0 Å². The SMILES string of the molecule is CN1CC[C@H](N2CCCC2)C1. The van der Waals surface area contributed by atoms with E-state index in [1.165, 1.54) is 45.4 Å². The molecule has 0 aromatic rings. The lowest BCUT2D eigenvalue weighted by Gasteiger charge is -2.22. The summed E-state index contributed by atoms with van der Waals surface area (Å²) in [7, 11) is 2.23. The van der Waals surface area contributed by atoms with E-state index in [-0.39, 0.29) is 0 Å². The summed E-state index contributed by atoms with van der Waals surface area (Å²) in [6, 6.07) is 0.891. The molecule has 0 bridgehead atoms. The standard InChI is InChI=1S/C9H18N2/c1-10-7-4-9(8-10)11-5-2-3-6-11/h9H,2-8H2,1H3/t9-/m0/s1. The molecule has 0 radical (unpaired) electrons. The third-order valence-corrected chi connectivity index (χ3v) is 3.02. The summed E-state index contributed by atoms with van der Waals surface area (Å²) in [6.45, 7) is 5.33. The van der Waals surface area contributed by atoms with Crippen LogP contribution in [-0.2, 0) is 0 Å². The van der Waals surface area contributed by atoms with E-state index >= 15 is 0 Å². The monoisotopic (exact) mass is 154 g/mol. The molecule has 0 aromatic carbocycles.